The number of nitrogens with two attached hydrogens (primary N) is 1. The Morgan fingerprint density at radius 3 is 3.06 bits per heavy atom. The second-order valence-electron chi connectivity index (χ2n) is 4.59. The number of fused-ring (bicyclic) bond motifs is 1. The van der Waals surface area contributed by atoms with Gasteiger partial charge in [-0.05, 0) is 42.9 Å². The Hall–Kier alpha value is -1.35. The van der Waals surface area contributed by atoms with Crippen LogP contribution in [0.1, 0.15) is 30.0 Å². The summed E-state index contributed by atoms with van der Waals surface area (Å²) in [6.45, 7) is 2.27. The highest BCUT2D eigenvalue weighted by Crippen LogP contribution is 2.22. The van der Waals surface area contributed by atoms with Crippen LogP contribution in [0.4, 0.5) is 0 Å². The molecule has 0 bridgehead atoms. The van der Waals surface area contributed by atoms with Crippen LogP contribution < -0.4 is 5.73 Å². The number of carbonyl (C=O) groups excluding carboxylic acids is 1. The fraction of sp³-hybridized carbons (Fsp3) is 0.500. The minimum Gasteiger partial charge on any atom is -0.466 e. The van der Waals surface area contributed by atoms with Crippen molar-refractivity contribution in [2.24, 2.45) is 5.73 Å². The molecule has 1 aliphatic rings. The summed E-state index contributed by atoms with van der Waals surface area (Å²) in [4.78, 5) is 11.4. The average molecular weight is 233 g/mol. The van der Waals surface area contributed by atoms with Gasteiger partial charge < -0.3 is 10.5 Å². The first-order valence-corrected chi connectivity index (χ1v) is 6.21. The molecule has 0 heterocycles. The van der Waals surface area contributed by atoms with E-state index < -0.39 is 0 Å². The number of ether oxygens (including phenoxy) is 1. The van der Waals surface area contributed by atoms with Crippen LogP contribution in [-0.2, 0) is 28.8 Å². The van der Waals surface area contributed by atoms with Gasteiger partial charge in [-0.2, -0.15) is 0 Å². The Labute approximate surface area is 102 Å². The van der Waals surface area contributed by atoms with Crippen molar-refractivity contribution in [3.8, 4) is 0 Å². The number of hydrogen-bond acceptors (Lipinski definition) is 3. The Morgan fingerprint density at radius 1 is 1.47 bits per heavy atom. The van der Waals surface area contributed by atoms with Crippen LogP contribution in [0, 0.1) is 0 Å². The van der Waals surface area contributed by atoms with Crippen molar-refractivity contribution in [1.29, 1.82) is 0 Å². The van der Waals surface area contributed by atoms with Gasteiger partial charge >= 0.3 is 5.97 Å². The molecule has 1 unspecified atom stereocenters. The van der Waals surface area contributed by atoms with Crippen molar-refractivity contribution in [3.63, 3.8) is 0 Å². The van der Waals surface area contributed by atoms with Crippen molar-refractivity contribution in [3.05, 3.63) is 34.9 Å². The van der Waals surface area contributed by atoms with Gasteiger partial charge in [-0.25, -0.2) is 0 Å². The minimum absolute atomic E-state index is 0.153. The van der Waals surface area contributed by atoms with Gasteiger partial charge in [-0.1, -0.05) is 18.2 Å². The number of benzene rings is 1. The predicted molar refractivity (Wildman–Crippen MR) is 66.8 cm³/mol. The van der Waals surface area contributed by atoms with Crippen LogP contribution in [0.3, 0.4) is 0 Å². The summed E-state index contributed by atoms with van der Waals surface area (Å²) in [6.07, 6.45) is 3.38. The fourth-order valence-corrected chi connectivity index (χ4v) is 2.33. The summed E-state index contributed by atoms with van der Waals surface area (Å²) in [7, 11) is 0. The summed E-state index contributed by atoms with van der Waals surface area (Å²) in [5.74, 6) is -0.153. The van der Waals surface area contributed by atoms with Gasteiger partial charge in [0, 0.05) is 6.04 Å². The van der Waals surface area contributed by atoms with Crippen molar-refractivity contribution in [2.75, 3.05) is 6.61 Å². The van der Waals surface area contributed by atoms with E-state index in [0.717, 1.165) is 24.8 Å². The van der Waals surface area contributed by atoms with E-state index in [1.54, 1.807) is 0 Å². The lowest BCUT2D eigenvalue weighted by Crippen LogP contribution is -2.27. The van der Waals surface area contributed by atoms with Gasteiger partial charge in [0.25, 0.3) is 0 Å². The van der Waals surface area contributed by atoms with E-state index >= 15 is 0 Å². The molecule has 1 aromatic carbocycles. The van der Waals surface area contributed by atoms with Gasteiger partial charge in [-0.15, -0.1) is 0 Å². The smallest absolute Gasteiger partial charge is 0.310 e. The first-order chi connectivity index (χ1) is 8.19. The van der Waals surface area contributed by atoms with Crippen molar-refractivity contribution in [2.45, 2.75) is 38.6 Å². The summed E-state index contributed by atoms with van der Waals surface area (Å²) in [6, 6.07) is 6.52. The number of rotatable bonds is 3. The standard InChI is InChI=1S/C14H19NO2/c1-2-17-14(16)8-10-3-4-12-9-13(15)6-5-11(12)7-10/h3-4,7,13H,2,5-6,8-9,15H2,1H3. The van der Waals surface area contributed by atoms with Gasteiger partial charge in [0.05, 0.1) is 13.0 Å². The molecule has 3 nitrogen and oxygen atoms in total. The van der Waals surface area contributed by atoms with Gasteiger partial charge in [0.1, 0.15) is 0 Å². The highest BCUT2D eigenvalue weighted by molar-refractivity contribution is 5.72. The summed E-state index contributed by atoms with van der Waals surface area (Å²) < 4.78 is 4.95. The Balaban J connectivity index is 2.08. The van der Waals surface area contributed by atoms with E-state index in [4.69, 9.17) is 10.5 Å². The maximum Gasteiger partial charge on any atom is 0.310 e. The Morgan fingerprint density at radius 2 is 2.29 bits per heavy atom. The second-order valence-corrected chi connectivity index (χ2v) is 4.59. The quantitative estimate of drug-likeness (QED) is 0.807. The second kappa shape index (κ2) is 5.32. The largest absolute Gasteiger partial charge is 0.466 e. The predicted octanol–water partition coefficient (Wildman–Crippen LogP) is 1.61. The van der Waals surface area contributed by atoms with E-state index in [-0.39, 0.29) is 5.97 Å². The van der Waals surface area contributed by atoms with Crippen molar-refractivity contribution < 1.29 is 9.53 Å². The molecule has 0 saturated heterocycles. The van der Waals surface area contributed by atoms with Crippen LogP contribution in [0.15, 0.2) is 18.2 Å². The molecule has 1 atom stereocenters. The van der Waals surface area contributed by atoms with Crippen LogP contribution in [0.5, 0.6) is 0 Å². The molecule has 2 N–H and O–H groups in total. The molecule has 0 aliphatic heterocycles. The molecule has 0 fully saturated rings. The lowest BCUT2D eigenvalue weighted by atomic mass is 9.87. The molecule has 2 rings (SSSR count). The molecule has 0 saturated carbocycles. The van der Waals surface area contributed by atoms with Crippen LogP contribution in [0.25, 0.3) is 0 Å². The highest BCUT2D eigenvalue weighted by atomic mass is 16.5. The van der Waals surface area contributed by atoms with Crippen LogP contribution in [-0.4, -0.2) is 18.6 Å². The van der Waals surface area contributed by atoms with Crippen LogP contribution >= 0.6 is 0 Å². The average Bonchev–Trinajstić information content (AvgIpc) is 2.29. The molecule has 0 aromatic heterocycles. The zero-order valence-electron chi connectivity index (χ0n) is 10.2. The maximum absolute atomic E-state index is 11.4. The maximum atomic E-state index is 11.4. The van der Waals surface area contributed by atoms with E-state index in [1.165, 1.54) is 11.1 Å². The van der Waals surface area contributed by atoms with Crippen molar-refractivity contribution in [1.82, 2.24) is 0 Å². The van der Waals surface area contributed by atoms with Gasteiger partial charge in [0.15, 0.2) is 0 Å². The third-order valence-electron chi connectivity index (χ3n) is 3.19. The summed E-state index contributed by atoms with van der Waals surface area (Å²) in [5.41, 5.74) is 9.64. The number of esters is 1. The number of carbonyl (C=O) groups is 1. The third kappa shape index (κ3) is 3.07. The van der Waals surface area contributed by atoms with Gasteiger partial charge in [-0.3, -0.25) is 4.79 Å². The van der Waals surface area contributed by atoms with Gasteiger partial charge in [0.2, 0.25) is 0 Å². The highest BCUT2D eigenvalue weighted by Gasteiger charge is 2.16. The molecule has 92 valence electrons. The zero-order chi connectivity index (χ0) is 12.3. The fourth-order valence-electron chi connectivity index (χ4n) is 2.33. The minimum atomic E-state index is -0.153. The first kappa shape index (κ1) is 12.1. The Kier molecular flexibility index (Phi) is 3.79. The SMILES string of the molecule is CCOC(=O)Cc1ccc2c(c1)CCC(N)C2. The molecular formula is C14H19NO2. The van der Waals surface area contributed by atoms with Crippen molar-refractivity contribution >= 4 is 5.97 Å². The number of hydrogen-bond donors (Lipinski definition) is 1. The van der Waals surface area contributed by atoms with E-state index in [2.05, 4.69) is 12.1 Å². The molecule has 0 spiro atoms. The van der Waals surface area contributed by atoms with E-state index in [9.17, 15) is 4.79 Å². The molecule has 1 aliphatic carbocycles. The van der Waals surface area contributed by atoms with E-state index in [1.807, 2.05) is 13.0 Å². The zero-order valence-corrected chi connectivity index (χ0v) is 10.2. The Bertz CT molecular complexity index is 415. The molecule has 0 amide bonds. The number of aryl methyl sites for hydroxylation is 1. The lowest BCUT2D eigenvalue weighted by molar-refractivity contribution is -0.142. The van der Waals surface area contributed by atoms with E-state index in [0.29, 0.717) is 19.1 Å². The first-order valence-electron chi connectivity index (χ1n) is 6.21. The molecule has 17 heavy (non-hydrogen) atoms. The molecule has 3 heteroatoms. The summed E-state index contributed by atoms with van der Waals surface area (Å²) in [5, 5.41) is 0. The third-order valence-corrected chi connectivity index (χ3v) is 3.19. The normalized spacial score (nSPS) is 18.6. The molecule has 1 aromatic rings. The molecular weight excluding hydrogens is 214 g/mol. The lowest BCUT2D eigenvalue weighted by Gasteiger charge is -2.21. The summed E-state index contributed by atoms with van der Waals surface area (Å²) >= 11 is 0. The van der Waals surface area contributed by atoms with Crippen LogP contribution in [0.2, 0.25) is 0 Å². The topological polar surface area (TPSA) is 52.3 Å². The molecule has 0 radical (unpaired) electrons. The monoisotopic (exact) mass is 233 g/mol.